The maximum absolute atomic E-state index is 11.4. The Hall–Kier alpha value is -6.87. The van der Waals surface area contributed by atoms with E-state index in [1.807, 2.05) is 49.2 Å². The van der Waals surface area contributed by atoms with Crippen LogP contribution in [-0.4, -0.2) is 35.3 Å². The highest BCUT2D eigenvalue weighted by Crippen LogP contribution is 2.43. The number of aromatic nitrogens is 7. The summed E-state index contributed by atoms with van der Waals surface area (Å²) in [5.74, 6) is 0. The van der Waals surface area contributed by atoms with E-state index in [1.54, 1.807) is 29.6 Å². The summed E-state index contributed by atoms with van der Waals surface area (Å²) >= 11 is 0. The van der Waals surface area contributed by atoms with Crippen LogP contribution in [0.3, 0.4) is 0 Å². The SMILES string of the molecule is CC(C)(C)C1=C(C(C)(C)C)CC=C1.CC(C)(C)c1ccc(=O)[nH]c1C(C)(C)C.CC(C)(C)c1ccc[n+](O)c1C(C)(C)C.CC(C)(C)c1ccccc1C(C)(C)C.CC(C)(C)c1cccnc1C(C)(C)C.CC(C)(C)c1ccncc1C(C)(C)C.CC(C)(C)c1ccncc1C(C)(C)C.CC(C)(C)c1ccnnc1C(C)(C)C. The van der Waals surface area contributed by atoms with Crippen molar-refractivity contribution in [1.82, 2.24) is 30.1 Å². The Morgan fingerprint density at radius 1 is 0.310 bits per heavy atom. The lowest BCUT2D eigenvalue weighted by atomic mass is 9.75. The molecule has 2 N–H and O–H groups in total. The van der Waals surface area contributed by atoms with Gasteiger partial charge in [0, 0.05) is 87.2 Å². The summed E-state index contributed by atoms with van der Waals surface area (Å²) in [5, 5.41) is 18.1. The third-order valence-electron chi connectivity index (χ3n) is 19.6. The maximum Gasteiger partial charge on any atom is 0.248 e. The molecule has 1 aliphatic carbocycles. The van der Waals surface area contributed by atoms with E-state index in [2.05, 4.69) is 429 Å². The largest absolute Gasteiger partial charge is 0.325 e. The summed E-state index contributed by atoms with van der Waals surface area (Å²) in [5.41, 5.74) is 23.4. The molecule has 0 unspecified atom stereocenters. The minimum Gasteiger partial charge on any atom is -0.325 e. The molecule has 0 saturated carbocycles. The van der Waals surface area contributed by atoms with Gasteiger partial charge in [0.05, 0.1) is 11.1 Å². The summed E-state index contributed by atoms with van der Waals surface area (Å²) < 4.78 is 1.25. The first kappa shape index (κ1) is 104. The molecular formula is C104H170N7O2+. The van der Waals surface area contributed by atoms with Gasteiger partial charge < -0.3 is 4.98 Å². The van der Waals surface area contributed by atoms with Crippen LogP contribution in [0.4, 0.5) is 0 Å². The first-order valence-corrected chi connectivity index (χ1v) is 41.8. The Morgan fingerprint density at radius 2 is 0.655 bits per heavy atom. The van der Waals surface area contributed by atoms with Crippen molar-refractivity contribution in [2.24, 2.45) is 10.8 Å². The monoisotopic (exact) mass is 1550 g/mol. The molecule has 9 heteroatoms. The van der Waals surface area contributed by atoms with E-state index < -0.39 is 0 Å². The summed E-state index contributed by atoms with van der Waals surface area (Å²) in [7, 11) is 0. The number of hydrogen-bond acceptors (Lipinski definition) is 7. The summed E-state index contributed by atoms with van der Waals surface area (Å²) in [6.45, 7) is 107. The smallest absolute Gasteiger partial charge is 0.248 e. The Bertz CT molecular complexity index is 3670. The molecule has 0 amide bonds. The number of benzene rings is 1. The van der Waals surface area contributed by atoms with Gasteiger partial charge >= 0.3 is 0 Å². The van der Waals surface area contributed by atoms with Crippen LogP contribution in [0.15, 0.2) is 150 Å². The molecule has 8 rings (SSSR count). The van der Waals surface area contributed by atoms with Crippen LogP contribution in [0.5, 0.6) is 0 Å². The van der Waals surface area contributed by atoms with Crippen molar-refractivity contribution in [1.29, 1.82) is 0 Å². The van der Waals surface area contributed by atoms with Crippen molar-refractivity contribution in [3.8, 4) is 0 Å². The van der Waals surface area contributed by atoms with Crippen molar-refractivity contribution >= 4 is 0 Å². The van der Waals surface area contributed by atoms with Gasteiger partial charge in [-0.2, -0.15) is 10.2 Å². The summed E-state index contributed by atoms with van der Waals surface area (Å²) in [6.07, 6.45) is 18.9. The van der Waals surface area contributed by atoms with Crippen molar-refractivity contribution in [3.63, 3.8) is 0 Å². The number of nitrogens with zero attached hydrogens (tertiary/aromatic N) is 6. The van der Waals surface area contributed by atoms with Crippen LogP contribution >= 0.6 is 0 Å². The molecular weight excluding hydrogens is 1380 g/mol. The zero-order chi connectivity index (χ0) is 88.9. The number of nitrogens with one attached hydrogen (secondary N) is 1. The van der Waals surface area contributed by atoms with Crippen molar-refractivity contribution in [2.75, 3.05) is 0 Å². The van der Waals surface area contributed by atoms with Crippen LogP contribution in [0.2, 0.25) is 0 Å². The number of H-pyrrole nitrogens is 1. The lowest BCUT2D eigenvalue weighted by Gasteiger charge is -2.29. The van der Waals surface area contributed by atoms with Crippen molar-refractivity contribution < 1.29 is 9.94 Å². The number of allylic oxidation sites excluding steroid dienone is 4. The van der Waals surface area contributed by atoms with E-state index in [0.717, 1.165) is 23.5 Å². The van der Waals surface area contributed by atoms with Gasteiger partial charge in [-0.05, 0) is 157 Å². The van der Waals surface area contributed by atoms with Crippen LogP contribution in [0, 0.1) is 10.8 Å². The third kappa shape index (κ3) is 34.1. The fourth-order valence-corrected chi connectivity index (χ4v) is 13.6. The van der Waals surface area contributed by atoms with Gasteiger partial charge in [0.1, 0.15) is 0 Å². The van der Waals surface area contributed by atoms with Crippen LogP contribution in [0.25, 0.3) is 0 Å². The van der Waals surface area contributed by atoms with E-state index in [0.29, 0.717) is 10.8 Å². The number of pyridine rings is 5. The van der Waals surface area contributed by atoms with Crippen LogP contribution in [0.1, 0.15) is 417 Å². The first-order valence-electron chi connectivity index (χ1n) is 41.8. The fourth-order valence-electron chi connectivity index (χ4n) is 13.6. The van der Waals surface area contributed by atoms with Crippen molar-refractivity contribution in [3.05, 3.63) is 234 Å². The molecule has 632 valence electrons. The molecule has 1 aliphatic rings. The van der Waals surface area contributed by atoms with Crippen LogP contribution < -0.4 is 10.3 Å². The number of aromatic amines is 1. The van der Waals surface area contributed by atoms with Gasteiger partial charge in [0.15, 0.2) is 0 Å². The molecule has 6 heterocycles. The molecule has 0 saturated heterocycles. The van der Waals surface area contributed by atoms with Gasteiger partial charge in [-0.3, -0.25) is 25.0 Å². The summed E-state index contributed by atoms with van der Waals surface area (Å²) in [4.78, 5) is 27.3. The fraction of sp³-hybridized carbons (Fsp3) is 0.625. The first-order chi connectivity index (χ1) is 50.1. The van der Waals surface area contributed by atoms with E-state index in [-0.39, 0.29) is 81.4 Å². The zero-order valence-corrected chi connectivity index (χ0v) is 81.9. The predicted molar refractivity (Wildman–Crippen MR) is 494 cm³/mol. The lowest BCUT2D eigenvalue weighted by Crippen LogP contribution is -2.43. The Balaban J connectivity index is 0.000000646. The van der Waals surface area contributed by atoms with E-state index in [9.17, 15) is 10.0 Å². The molecule has 6 aromatic heterocycles. The molecule has 9 nitrogen and oxygen atoms in total. The summed E-state index contributed by atoms with van der Waals surface area (Å²) in [6, 6.07) is 26.9. The topological polar surface area (TPSA) is 121 Å². The standard InChI is InChI=1S/C14H22.C13H22NO.C13H21NO.3C13H21N.C13H22.C12H20N2/c1-13(2,3)11-9-7-8-10-12(11)14(4,5)6;1-12(2,3)10-8-7-9-14(15)11(10)13(4,5)6;1-12(2,3)9-7-8-10(15)14-11(9)13(4,5)6;2*1-12(2,3)10-7-8-14-9-11(10)13(4,5)6;1-12(2,3)10-8-7-9-14-11(10)13(4,5)6;1-12(2,3)10-8-7-9-11(10)13(4,5)6;1-11(2,3)9-7-8-13-14-10(9)12(4,5)6/h7-10H,1-6H3;7-9,15H,1-6H3;7-8H,1-6H3,(H,14,15);3*7-9H,1-6H3;7-8H,9H2,1-6H3;7-8H,1-6H3/q;+1;;;;;;. The minimum absolute atomic E-state index is 0.0204. The number of hydrogen-bond donors (Lipinski definition) is 2. The average molecular weight is 1550 g/mol. The van der Waals surface area contributed by atoms with E-state index in [4.69, 9.17) is 0 Å². The molecule has 0 radical (unpaired) electrons. The second-order valence-corrected chi connectivity index (χ2v) is 47.8. The molecule has 0 bridgehead atoms. The van der Waals surface area contributed by atoms with Gasteiger partial charge in [0.25, 0.3) is 0 Å². The Kier molecular flexibility index (Phi) is 35.5. The van der Waals surface area contributed by atoms with Gasteiger partial charge in [-0.25, -0.2) is 0 Å². The quantitative estimate of drug-likeness (QED) is 0.115. The van der Waals surface area contributed by atoms with Gasteiger partial charge in [-0.15, -0.1) is 0 Å². The zero-order valence-electron chi connectivity index (χ0n) is 81.9. The normalized spacial score (nSPS) is 13.6. The van der Waals surface area contributed by atoms with E-state index >= 15 is 0 Å². The van der Waals surface area contributed by atoms with Gasteiger partial charge in [-0.1, -0.05) is 386 Å². The third-order valence-corrected chi connectivity index (χ3v) is 19.6. The highest BCUT2D eigenvalue weighted by molar-refractivity contribution is 5.42. The molecule has 0 aliphatic heterocycles. The Morgan fingerprint density at radius 3 is 0.947 bits per heavy atom. The highest BCUT2D eigenvalue weighted by atomic mass is 16.5. The maximum atomic E-state index is 11.4. The predicted octanol–water partition coefficient (Wildman–Crippen LogP) is 28.5. The highest BCUT2D eigenvalue weighted by Gasteiger charge is 2.36. The molecule has 0 atom stereocenters. The van der Waals surface area contributed by atoms with Crippen LogP contribution in [-0.2, 0) is 75.8 Å². The molecule has 113 heavy (non-hydrogen) atoms. The van der Waals surface area contributed by atoms with E-state index in [1.165, 1.54) is 66.1 Å². The second kappa shape index (κ2) is 38.5. The minimum atomic E-state index is -0.0569. The molecule has 0 fully saturated rings. The Labute approximate surface area is 695 Å². The van der Waals surface area contributed by atoms with Gasteiger partial charge in [0.2, 0.25) is 17.5 Å². The molecule has 0 spiro atoms. The second-order valence-electron chi connectivity index (χ2n) is 47.8. The number of rotatable bonds is 0. The lowest BCUT2D eigenvalue weighted by molar-refractivity contribution is -0.911. The molecule has 1 aromatic carbocycles. The van der Waals surface area contributed by atoms with Crippen molar-refractivity contribution in [2.45, 2.75) is 415 Å². The average Bonchev–Trinajstić information content (AvgIpc) is 1.66. The molecule has 7 aromatic rings.